The van der Waals surface area contributed by atoms with Gasteiger partial charge in [-0.25, -0.2) is 4.98 Å². The lowest BCUT2D eigenvalue weighted by molar-refractivity contribution is 0.0951. The van der Waals surface area contributed by atoms with Crippen molar-refractivity contribution in [2.24, 2.45) is 0 Å². The number of aromatic nitrogens is 1. The number of pyridine rings is 1. The molecular formula is C14H14ClN3O. The molecule has 0 spiro atoms. The van der Waals surface area contributed by atoms with Gasteiger partial charge in [0.05, 0.1) is 0 Å². The van der Waals surface area contributed by atoms with Crippen LogP contribution in [-0.4, -0.2) is 10.9 Å². The van der Waals surface area contributed by atoms with Crippen LogP contribution >= 0.6 is 11.6 Å². The van der Waals surface area contributed by atoms with Crippen LogP contribution in [0.5, 0.6) is 0 Å². The molecule has 0 saturated heterocycles. The minimum absolute atomic E-state index is 0.197. The summed E-state index contributed by atoms with van der Waals surface area (Å²) in [6.07, 6.45) is 0. The fourth-order valence-corrected chi connectivity index (χ4v) is 1.95. The number of hydrogen-bond acceptors (Lipinski definition) is 3. The van der Waals surface area contributed by atoms with Crippen molar-refractivity contribution in [3.8, 4) is 0 Å². The lowest BCUT2D eigenvalue weighted by Gasteiger charge is -2.08. The Labute approximate surface area is 116 Å². The summed E-state index contributed by atoms with van der Waals surface area (Å²) in [5, 5.41) is 3.44. The Bertz CT molecular complexity index is 593. The number of anilines is 1. The van der Waals surface area contributed by atoms with E-state index < -0.39 is 0 Å². The minimum Gasteiger partial charge on any atom is -0.384 e. The largest absolute Gasteiger partial charge is 0.384 e. The predicted octanol–water partition coefficient (Wildman–Crippen LogP) is 2.56. The summed E-state index contributed by atoms with van der Waals surface area (Å²) in [6.45, 7) is 2.17. The van der Waals surface area contributed by atoms with E-state index in [-0.39, 0.29) is 5.91 Å². The van der Waals surface area contributed by atoms with E-state index in [9.17, 15) is 4.79 Å². The highest BCUT2D eigenvalue weighted by Gasteiger charge is 2.08. The quantitative estimate of drug-likeness (QED) is 0.904. The SMILES string of the molecule is Cc1cc(C(=O)NCc2ccccc2Cl)cc(N)n1. The number of halogens is 1. The number of rotatable bonds is 3. The average Bonchev–Trinajstić information content (AvgIpc) is 2.36. The third-order valence-corrected chi connectivity index (χ3v) is 3.00. The number of benzene rings is 1. The first-order chi connectivity index (χ1) is 9.06. The fourth-order valence-electron chi connectivity index (χ4n) is 1.74. The summed E-state index contributed by atoms with van der Waals surface area (Å²) in [7, 11) is 0. The maximum Gasteiger partial charge on any atom is 0.251 e. The molecule has 98 valence electrons. The lowest BCUT2D eigenvalue weighted by atomic mass is 10.2. The number of nitrogens with one attached hydrogen (secondary N) is 1. The molecule has 0 unspecified atom stereocenters. The number of hydrogen-bond donors (Lipinski definition) is 2. The molecule has 0 radical (unpaired) electrons. The van der Waals surface area contributed by atoms with Crippen molar-refractivity contribution >= 4 is 23.3 Å². The number of nitrogen functional groups attached to an aromatic ring is 1. The van der Waals surface area contributed by atoms with Crippen molar-refractivity contribution in [3.63, 3.8) is 0 Å². The normalized spacial score (nSPS) is 10.2. The maximum atomic E-state index is 12.0. The van der Waals surface area contributed by atoms with Gasteiger partial charge in [0.2, 0.25) is 0 Å². The monoisotopic (exact) mass is 275 g/mol. The first kappa shape index (κ1) is 13.4. The van der Waals surface area contributed by atoms with E-state index in [1.165, 1.54) is 0 Å². The van der Waals surface area contributed by atoms with Crippen molar-refractivity contribution in [1.29, 1.82) is 0 Å². The zero-order valence-corrected chi connectivity index (χ0v) is 11.2. The highest BCUT2D eigenvalue weighted by Crippen LogP contribution is 2.14. The Morgan fingerprint density at radius 1 is 1.37 bits per heavy atom. The molecule has 1 aromatic heterocycles. The summed E-state index contributed by atoms with van der Waals surface area (Å²) >= 11 is 6.02. The van der Waals surface area contributed by atoms with Gasteiger partial charge in [0, 0.05) is 22.8 Å². The molecule has 3 N–H and O–H groups in total. The van der Waals surface area contributed by atoms with Gasteiger partial charge in [0.25, 0.3) is 5.91 Å². The summed E-state index contributed by atoms with van der Waals surface area (Å²) in [5.74, 6) is 0.139. The molecule has 0 aliphatic heterocycles. The van der Waals surface area contributed by atoms with Crippen molar-refractivity contribution in [3.05, 3.63) is 58.2 Å². The van der Waals surface area contributed by atoms with Crippen LogP contribution in [0.3, 0.4) is 0 Å². The predicted molar refractivity (Wildman–Crippen MR) is 76.0 cm³/mol. The van der Waals surface area contributed by atoms with Gasteiger partial charge in [0.1, 0.15) is 5.82 Å². The van der Waals surface area contributed by atoms with Crippen LogP contribution in [0.2, 0.25) is 5.02 Å². The molecule has 1 heterocycles. The topological polar surface area (TPSA) is 68.0 Å². The van der Waals surface area contributed by atoms with Gasteiger partial charge < -0.3 is 11.1 Å². The molecule has 5 heteroatoms. The van der Waals surface area contributed by atoms with Crippen molar-refractivity contribution in [2.75, 3.05) is 5.73 Å². The Balaban J connectivity index is 2.08. The van der Waals surface area contributed by atoms with Gasteiger partial charge in [-0.1, -0.05) is 29.8 Å². The van der Waals surface area contributed by atoms with Crippen LogP contribution < -0.4 is 11.1 Å². The zero-order chi connectivity index (χ0) is 13.8. The van der Waals surface area contributed by atoms with Crippen LogP contribution in [-0.2, 0) is 6.54 Å². The highest BCUT2D eigenvalue weighted by molar-refractivity contribution is 6.31. The van der Waals surface area contributed by atoms with Crippen LogP contribution in [0.25, 0.3) is 0 Å². The third kappa shape index (κ3) is 3.45. The summed E-state index contributed by atoms with van der Waals surface area (Å²) in [6, 6.07) is 10.6. The van der Waals surface area contributed by atoms with Crippen LogP contribution in [0, 0.1) is 6.92 Å². The van der Waals surface area contributed by atoms with Gasteiger partial charge >= 0.3 is 0 Å². The molecule has 1 amide bonds. The minimum atomic E-state index is -0.197. The molecule has 0 aliphatic carbocycles. The van der Waals surface area contributed by atoms with Gasteiger partial charge in [-0.3, -0.25) is 4.79 Å². The number of nitrogens with zero attached hydrogens (tertiary/aromatic N) is 1. The average molecular weight is 276 g/mol. The second kappa shape index (κ2) is 5.71. The van der Waals surface area contributed by atoms with Crippen LogP contribution in [0.4, 0.5) is 5.82 Å². The second-order valence-corrected chi connectivity index (χ2v) is 4.60. The summed E-state index contributed by atoms with van der Waals surface area (Å²) in [4.78, 5) is 16.0. The molecule has 19 heavy (non-hydrogen) atoms. The van der Waals surface area contributed by atoms with E-state index in [0.717, 1.165) is 5.56 Å². The van der Waals surface area contributed by atoms with Crippen molar-refractivity contribution in [2.45, 2.75) is 13.5 Å². The molecule has 1 aromatic carbocycles. The lowest BCUT2D eigenvalue weighted by Crippen LogP contribution is -2.23. The number of aryl methyl sites for hydroxylation is 1. The Kier molecular flexibility index (Phi) is 4.02. The summed E-state index contributed by atoms with van der Waals surface area (Å²) in [5.41, 5.74) is 7.70. The molecule has 0 atom stereocenters. The van der Waals surface area contributed by atoms with Crippen LogP contribution in [0.1, 0.15) is 21.6 Å². The maximum absolute atomic E-state index is 12.0. The van der Waals surface area contributed by atoms with Gasteiger partial charge in [-0.05, 0) is 30.7 Å². The van der Waals surface area contributed by atoms with E-state index in [1.54, 1.807) is 25.1 Å². The zero-order valence-electron chi connectivity index (χ0n) is 10.5. The van der Waals surface area contributed by atoms with E-state index in [0.29, 0.717) is 28.6 Å². The van der Waals surface area contributed by atoms with E-state index in [1.807, 2.05) is 18.2 Å². The number of nitrogens with two attached hydrogens (primary N) is 1. The molecule has 0 bridgehead atoms. The smallest absolute Gasteiger partial charge is 0.251 e. The number of carbonyl (C=O) groups excluding carboxylic acids is 1. The van der Waals surface area contributed by atoms with E-state index in [4.69, 9.17) is 17.3 Å². The fraction of sp³-hybridized carbons (Fsp3) is 0.143. The van der Waals surface area contributed by atoms with E-state index in [2.05, 4.69) is 10.3 Å². The van der Waals surface area contributed by atoms with Gasteiger partial charge in [-0.15, -0.1) is 0 Å². The number of amides is 1. The number of carbonyl (C=O) groups is 1. The Hall–Kier alpha value is -2.07. The van der Waals surface area contributed by atoms with Crippen LogP contribution in [0.15, 0.2) is 36.4 Å². The van der Waals surface area contributed by atoms with Crippen molar-refractivity contribution in [1.82, 2.24) is 10.3 Å². The van der Waals surface area contributed by atoms with Gasteiger partial charge in [0.15, 0.2) is 0 Å². The Morgan fingerprint density at radius 2 is 2.11 bits per heavy atom. The first-order valence-corrected chi connectivity index (χ1v) is 6.20. The third-order valence-electron chi connectivity index (χ3n) is 2.63. The molecule has 2 aromatic rings. The molecule has 0 fully saturated rings. The molecule has 2 rings (SSSR count). The standard InChI is InChI=1S/C14H14ClN3O/c1-9-6-11(7-13(16)18-9)14(19)17-8-10-4-2-3-5-12(10)15/h2-7H,8H2,1H3,(H2,16,18)(H,17,19). The Morgan fingerprint density at radius 3 is 2.79 bits per heavy atom. The van der Waals surface area contributed by atoms with Gasteiger partial charge in [-0.2, -0.15) is 0 Å². The second-order valence-electron chi connectivity index (χ2n) is 4.20. The highest BCUT2D eigenvalue weighted by atomic mass is 35.5. The molecule has 4 nitrogen and oxygen atoms in total. The first-order valence-electron chi connectivity index (χ1n) is 5.82. The molecule has 0 saturated carbocycles. The molecular weight excluding hydrogens is 262 g/mol. The van der Waals surface area contributed by atoms with E-state index >= 15 is 0 Å². The molecule has 0 aliphatic rings. The van der Waals surface area contributed by atoms with Crippen molar-refractivity contribution < 1.29 is 4.79 Å². The summed E-state index contributed by atoms with van der Waals surface area (Å²) < 4.78 is 0.